The molecule has 1 fully saturated rings. The Morgan fingerprint density at radius 3 is 2.68 bits per heavy atom. The van der Waals surface area contributed by atoms with Crippen LogP contribution in [0.4, 0.5) is 18.0 Å². The molecule has 3 rings (SSSR count). The van der Waals surface area contributed by atoms with Gasteiger partial charge in [-0.1, -0.05) is 18.2 Å². The van der Waals surface area contributed by atoms with Crippen LogP contribution in [0.1, 0.15) is 36.9 Å². The molecule has 0 aliphatic carbocycles. The lowest BCUT2D eigenvalue weighted by Gasteiger charge is -2.36. The van der Waals surface area contributed by atoms with Crippen molar-refractivity contribution in [3.63, 3.8) is 0 Å². The summed E-state index contributed by atoms with van der Waals surface area (Å²) < 4.78 is 50.8. The molecule has 2 amide bonds. The van der Waals surface area contributed by atoms with Crippen molar-refractivity contribution in [2.75, 3.05) is 20.3 Å². The van der Waals surface area contributed by atoms with Crippen LogP contribution < -0.4 is 5.32 Å². The maximum absolute atomic E-state index is 13.5. The van der Waals surface area contributed by atoms with Crippen LogP contribution in [0.3, 0.4) is 0 Å². The first-order valence-corrected chi connectivity index (χ1v) is 8.89. The number of halogens is 3. The van der Waals surface area contributed by atoms with Gasteiger partial charge in [-0.15, -0.1) is 0 Å². The van der Waals surface area contributed by atoms with Crippen LogP contribution in [0.5, 0.6) is 0 Å². The Kier molecular flexibility index (Phi) is 5.64. The summed E-state index contributed by atoms with van der Waals surface area (Å²) in [5.41, 5.74) is -0.896. The lowest BCUT2D eigenvalue weighted by Crippen LogP contribution is -2.50. The van der Waals surface area contributed by atoms with Crippen LogP contribution in [0.15, 0.2) is 35.5 Å². The number of methoxy groups -OCH3 is 1. The van der Waals surface area contributed by atoms with E-state index in [4.69, 9.17) is 9.47 Å². The Bertz CT molecular complexity index is 801. The van der Waals surface area contributed by atoms with Crippen molar-refractivity contribution in [2.24, 2.45) is 0 Å². The van der Waals surface area contributed by atoms with Gasteiger partial charge in [0, 0.05) is 12.3 Å². The number of hydrogen-bond acceptors (Lipinski definition) is 4. The Morgan fingerprint density at radius 2 is 2.07 bits per heavy atom. The lowest BCUT2D eigenvalue weighted by molar-refractivity contribution is -0.140. The largest absolute Gasteiger partial charge is 0.466 e. The Hall–Kier alpha value is -2.55. The van der Waals surface area contributed by atoms with E-state index in [0.717, 1.165) is 26.0 Å². The van der Waals surface area contributed by atoms with Gasteiger partial charge >= 0.3 is 18.2 Å². The number of amides is 2. The molecule has 2 aliphatic rings. The van der Waals surface area contributed by atoms with Gasteiger partial charge in [0.15, 0.2) is 0 Å². The number of nitrogens with zero attached hydrogens (tertiary/aromatic N) is 1. The zero-order valence-electron chi connectivity index (χ0n) is 15.5. The standard InChI is InChI=1S/C19H21F3N2O4/c1-11-15(17(25)27-2)16(13-7-3-4-8-14(13)19(20,21)22)23-18(26)24(11)10-12-6-5-9-28-12/h3-4,7-8,12,16H,5-6,9-10H2,1-2H3,(H,23,26)/t12-,16+/m1/s1. The predicted molar refractivity (Wildman–Crippen MR) is 93.1 cm³/mol. The second-order valence-electron chi connectivity index (χ2n) is 6.70. The summed E-state index contributed by atoms with van der Waals surface area (Å²) in [6.07, 6.45) is -3.18. The molecule has 9 heteroatoms. The minimum atomic E-state index is -4.63. The molecule has 2 aliphatic heterocycles. The van der Waals surface area contributed by atoms with E-state index in [-0.39, 0.29) is 29.5 Å². The monoisotopic (exact) mass is 398 g/mol. The van der Waals surface area contributed by atoms with Crippen molar-refractivity contribution in [3.05, 3.63) is 46.7 Å². The average molecular weight is 398 g/mol. The van der Waals surface area contributed by atoms with E-state index < -0.39 is 29.8 Å². The SMILES string of the molecule is COC(=O)C1=C(C)N(C[C@H]2CCCO2)C(=O)N[C@H]1c1ccccc1C(F)(F)F. The van der Waals surface area contributed by atoms with Crippen LogP contribution in [0, 0.1) is 0 Å². The van der Waals surface area contributed by atoms with Crippen molar-refractivity contribution in [2.45, 2.75) is 38.1 Å². The number of ether oxygens (including phenoxy) is 2. The summed E-state index contributed by atoms with van der Waals surface area (Å²) in [5.74, 6) is -0.795. The maximum Gasteiger partial charge on any atom is 0.416 e. The number of carbonyl (C=O) groups excluding carboxylic acids is 2. The second kappa shape index (κ2) is 7.83. The highest BCUT2D eigenvalue weighted by Crippen LogP contribution is 2.39. The number of allylic oxidation sites excluding steroid dienone is 1. The quantitative estimate of drug-likeness (QED) is 0.790. The maximum atomic E-state index is 13.5. The van der Waals surface area contributed by atoms with Crippen molar-refractivity contribution >= 4 is 12.0 Å². The number of rotatable bonds is 4. The van der Waals surface area contributed by atoms with Crippen molar-refractivity contribution < 1.29 is 32.2 Å². The Labute approximate surface area is 160 Å². The summed E-state index contributed by atoms with van der Waals surface area (Å²) >= 11 is 0. The van der Waals surface area contributed by atoms with E-state index in [0.29, 0.717) is 6.61 Å². The van der Waals surface area contributed by atoms with E-state index in [1.54, 1.807) is 0 Å². The highest BCUT2D eigenvalue weighted by atomic mass is 19.4. The molecule has 0 bridgehead atoms. The molecule has 2 heterocycles. The molecule has 0 radical (unpaired) electrons. The van der Waals surface area contributed by atoms with E-state index in [1.807, 2.05) is 0 Å². The first-order valence-electron chi connectivity index (χ1n) is 8.89. The molecule has 0 saturated carbocycles. The highest BCUT2D eigenvalue weighted by molar-refractivity contribution is 5.95. The van der Waals surface area contributed by atoms with Crippen molar-refractivity contribution in [1.82, 2.24) is 10.2 Å². The minimum absolute atomic E-state index is 0.0307. The van der Waals surface area contributed by atoms with E-state index in [2.05, 4.69) is 5.32 Å². The molecule has 1 aromatic carbocycles. The van der Waals surface area contributed by atoms with Crippen LogP contribution in [-0.2, 0) is 20.4 Å². The molecule has 6 nitrogen and oxygen atoms in total. The number of urea groups is 1. The number of esters is 1. The van der Waals surface area contributed by atoms with Crippen molar-refractivity contribution in [1.29, 1.82) is 0 Å². The van der Waals surface area contributed by atoms with Gasteiger partial charge in [0.05, 0.1) is 36.9 Å². The van der Waals surface area contributed by atoms with Gasteiger partial charge in [-0.25, -0.2) is 9.59 Å². The van der Waals surface area contributed by atoms with Crippen LogP contribution in [0.2, 0.25) is 0 Å². The summed E-state index contributed by atoms with van der Waals surface area (Å²) in [7, 11) is 1.15. The van der Waals surface area contributed by atoms with Crippen LogP contribution in [-0.4, -0.2) is 43.3 Å². The fourth-order valence-corrected chi connectivity index (χ4v) is 3.61. The Balaban J connectivity index is 2.06. The van der Waals surface area contributed by atoms with Gasteiger partial charge in [-0.3, -0.25) is 4.90 Å². The van der Waals surface area contributed by atoms with Gasteiger partial charge in [0.25, 0.3) is 0 Å². The zero-order valence-corrected chi connectivity index (χ0v) is 15.5. The molecule has 0 aromatic heterocycles. The molecule has 0 spiro atoms. The number of carbonyl (C=O) groups is 2. The predicted octanol–water partition coefficient (Wildman–Crippen LogP) is 3.40. The molecular weight excluding hydrogens is 377 g/mol. The fourth-order valence-electron chi connectivity index (χ4n) is 3.61. The van der Waals surface area contributed by atoms with E-state index in [9.17, 15) is 22.8 Å². The lowest BCUT2D eigenvalue weighted by atomic mass is 9.91. The molecule has 0 unspecified atom stereocenters. The smallest absolute Gasteiger partial charge is 0.416 e. The number of alkyl halides is 3. The first kappa shape index (κ1) is 20.2. The molecule has 28 heavy (non-hydrogen) atoms. The van der Waals surface area contributed by atoms with Crippen LogP contribution >= 0.6 is 0 Å². The molecule has 1 N–H and O–H groups in total. The number of benzene rings is 1. The van der Waals surface area contributed by atoms with Gasteiger partial charge in [0.1, 0.15) is 0 Å². The van der Waals surface area contributed by atoms with E-state index >= 15 is 0 Å². The summed E-state index contributed by atoms with van der Waals surface area (Å²) in [5, 5.41) is 2.54. The summed E-state index contributed by atoms with van der Waals surface area (Å²) in [6.45, 7) is 2.34. The highest BCUT2D eigenvalue weighted by Gasteiger charge is 2.42. The van der Waals surface area contributed by atoms with Crippen molar-refractivity contribution in [3.8, 4) is 0 Å². The van der Waals surface area contributed by atoms with Gasteiger partial charge in [-0.2, -0.15) is 13.2 Å². The number of hydrogen-bond donors (Lipinski definition) is 1. The molecule has 2 atom stereocenters. The molecule has 1 aromatic rings. The fraction of sp³-hybridized carbons (Fsp3) is 0.474. The third-order valence-electron chi connectivity index (χ3n) is 4.99. The second-order valence-corrected chi connectivity index (χ2v) is 6.70. The minimum Gasteiger partial charge on any atom is -0.466 e. The zero-order chi connectivity index (χ0) is 20.5. The summed E-state index contributed by atoms with van der Waals surface area (Å²) in [4.78, 5) is 26.5. The topological polar surface area (TPSA) is 67.9 Å². The first-order chi connectivity index (χ1) is 13.2. The third-order valence-corrected chi connectivity index (χ3v) is 4.99. The summed E-state index contributed by atoms with van der Waals surface area (Å²) in [6, 6.07) is 3.01. The van der Waals surface area contributed by atoms with Gasteiger partial charge in [0.2, 0.25) is 0 Å². The average Bonchev–Trinajstić information content (AvgIpc) is 3.16. The van der Waals surface area contributed by atoms with Crippen LogP contribution in [0.25, 0.3) is 0 Å². The van der Waals surface area contributed by atoms with E-state index in [1.165, 1.54) is 30.0 Å². The third kappa shape index (κ3) is 3.84. The molecule has 152 valence electrons. The Morgan fingerprint density at radius 1 is 1.36 bits per heavy atom. The van der Waals surface area contributed by atoms with Gasteiger partial charge in [-0.05, 0) is 31.4 Å². The normalized spacial score (nSPS) is 23.0. The molecular formula is C19H21F3N2O4. The molecule has 1 saturated heterocycles. The van der Waals surface area contributed by atoms with Gasteiger partial charge < -0.3 is 14.8 Å². The number of nitrogens with one attached hydrogen (secondary N) is 1.